The molecule has 1 amide bonds. The summed E-state index contributed by atoms with van der Waals surface area (Å²) in [5.41, 5.74) is 5.93. The van der Waals surface area contributed by atoms with Gasteiger partial charge in [-0.2, -0.15) is 0 Å². The second-order valence-electron chi connectivity index (χ2n) is 9.92. The summed E-state index contributed by atoms with van der Waals surface area (Å²) >= 11 is 0. The summed E-state index contributed by atoms with van der Waals surface area (Å²) in [7, 11) is 1.59. The number of hydrogen-bond donors (Lipinski definition) is 1. The van der Waals surface area contributed by atoms with Gasteiger partial charge in [0, 0.05) is 21.5 Å². The Morgan fingerprint density at radius 1 is 0.947 bits per heavy atom. The highest BCUT2D eigenvalue weighted by Crippen LogP contribution is 2.51. The van der Waals surface area contributed by atoms with Crippen molar-refractivity contribution in [1.29, 1.82) is 0 Å². The third-order valence-electron chi connectivity index (χ3n) is 7.30. The van der Waals surface area contributed by atoms with Crippen molar-refractivity contribution in [1.82, 2.24) is 5.32 Å². The average Bonchev–Trinajstić information content (AvgIpc) is 3.62. The molecule has 1 N–H and O–H groups in total. The lowest BCUT2D eigenvalue weighted by atomic mass is 9.87. The predicted molar refractivity (Wildman–Crippen MR) is 145 cm³/mol. The standard InChI is InChI=1S/C31H33NO6.H2/c1-21-3-4-23(16-29(33)31(11-12-31)25-9-10-27-28(17-25)38-20-37-27)15-26(21)24-7-5-22(6-8-24)18-32-30(34)19-36-14-13-35-2;/h3-10,15,17H,11-14,16,18-20H2,1-2H3,(H,32,34);1H. The van der Waals surface area contributed by atoms with Crippen molar-refractivity contribution in [2.45, 2.75) is 38.1 Å². The second kappa shape index (κ2) is 11.4. The fraction of sp³-hybridized carbons (Fsp3) is 0.355. The molecule has 7 nitrogen and oxygen atoms in total. The molecule has 0 unspecified atom stereocenters. The number of amides is 1. The molecule has 200 valence electrons. The quantitative estimate of drug-likeness (QED) is 0.349. The van der Waals surface area contributed by atoms with Gasteiger partial charge >= 0.3 is 0 Å². The topological polar surface area (TPSA) is 83.1 Å². The number of ketones is 1. The molecule has 3 aromatic rings. The third kappa shape index (κ3) is 5.74. The van der Waals surface area contributed by atoms with Gasteiger partial charge in [0.1, 0.15) is 12.4 Å². The van der Waals surface area contributed by atoms with E-state index in [1.54, 1.807) is 7.11 Å². The molecule has 1 heterocycles. The number of Topliss-reactive ketones (excluding diaryl/α,β-unsaturated/α-hetero) is 1. The number of hydrogen-bond acceptors (Lipinski definition) is 6. The van der Waals surface area contributed by atoms with Crippen LogP contribution < -0.4 is 14.8 Å². The molecule has 1 fully saturated rings. The van der Waals surface area contributed by atoms with Crippen LogP contribution in [0.1, 0.15) is 36.5 Å². The maximum absolute atomic E-state index is 13.5. The first-order valence-corrected chi connectivity index (χ1v) is 12.9. The van der Waals surface area contributed by atoms with E-state index in [9.17, 15) is 9.59 Å². The number of methoxy groups -OCH3 is 1. The van der Waals surface area contributed by atoms with E-state index >= 15 is 0 Å². The molecule has 38 heavy (non-hydrogen) atoms. The highest BCUT2D eigenvalue weighted by Gasteiger charge is 2.50. The van der Waals surface area contributed by atoms with E-state index in [1.807, 2.05) is 36.4 Å². The summed E-state index contributed by atoms with van der Waals surface area (Å²) in [4.78, 5) is 25.4. The Morgan fingerprint density at radius 2 is 1.71 bits per heavy atom. The zero-order chi connectivity index (χ0) is 26.5. The Hall–Kier alpha value is -3.68. The molecule has 1 saturated carbocycles. The zero-order valence-electron chi connectivity index (χ0n) is 21.9. The molecule has 0 saturated heterocycles. The fourth-order valence-electron chi connectivity index (χ4n) is 4.85. The van der Waals surface area contributed by atoms with E-state index in [-0.39, 0.29) is 26.5 Å². The van der Waals surface area contributed by atoms with Crippen LogP contribution in [0.5, 0.6) is 11.5 Å². The van der Waals surface area contributed by atoms with Gasteiger partial charge in [-0.3, -0.25) is 9.59 Å². The molecule has 7 heteroatoms. The van der Waals surface area contributed by atoms with Gasteiger partial charge in [0.05, 0.1) is 18.6 Å². The lowest BCUT2D eigenvalue weighted by Crippen LogP contribution is -2.27. The van der Waals surface area contributed by atoms with Crippen molar-refractivity contribution < 1.29 is 30.0 Å². The first-order chi connectivity index (χ1) is 18.5. The molecule has 3 aromatic carbocycles. The lowest BCUT2D eigenvalue weighted by Gasteiger charge is -2.16. The number of ether oxygens (including phenoxy) is 4. The van der Waals surface area contributed by atoms with Crippen LogP contribution in [0.2, 0.25) is 0 Å². The van der Waals surface area contributed by atoms with Gasteiger partial charge in [0.2, 0.25) is 12.7 Å². The summed E-state index contributed by atoms with van der Waals surface area (Å²) in [6.45, 7) is 3.61. The molecule has 0 aromatic heterocycles. The zero-order valence-corrected chi connectivity index (χ0v) is 21.9. The maximum Gasteiger partial charge on any atom is 0.246 e. The van der Waals surface area contributed by atoms with Gasteiger partial charge in [-0.15, -0.1) is 0 Å². The maximum atomic E-state index is 13.5. The Balaban J connectivity index is 0.00000353. The molecule has 0 spiro atoms. The SMILES string of the molecule is COCCOCC(=O)NCc1ccc(-c2cc(CC(=O)C3(c4ccc5c(c4)OCO5)CC3)ccc2C)cc1.[HH]. The van der Waals surface area contributed by atoms with Crippen molar-refractivity contribution in [3.8, 4) is 22.6 Å². The van der Waals surface area contributed by atoms with Gasteiger partial charge in [0.25, 0.3) is 0 Å². The molecule has 1 aliphatic heterocycles. The Bertz CT molecular complexity index is 1320. The minimum absolute atomic E-state index is 0. The lowest BCUT2D eigenvalue weighted by molar-refractivity contribution is -0.126. The Morgan fingerprint density at radius 3 is 2.47 bits per heavy atom. The summed E-state index contributed by atoms with van der Waals surface area (Å²) in [6, 6.07) is 20.2. The van der Waals surface area contributed by atoms with E-state index in [0.29, 0.717) is 26.2 Å². The average molecular weight is 518 g/mol. The Kier molecular flexibility index (Phi) is 7.77. The second-order valence-corrected chi connectivity index (χ2v) is 9.92. The first kappa shape index (κ1) is 25.9. The molecule has 2 aliphatic rings. The molecule has 1 aliphatic carbocycles. The number of aryl methyl sites for hydroxylation is 1. The molecular formula is C31H35NO6. The van der Waals surface area contributed by atoms with Crippen LogP contribution in [0.3, 0.4) is 0 Å². The van der Waals surface area contributed by atoms with Crippen molar-refractivity contribution in [3.05, 3.63) is 82.9 Å². The fourth-order valence-corrected chi connectivity index (χ4v) is 4.85. The summed E-state index contributed by atoms with van der Waals surface area (Å²) < 4.78 is 21.1. The van der Waals surface area contributed by atoms with Crippen LogP contribution in [0, 0.1) is 6.92 Å². The monoisotopic (exact) mass is 517 g/mol. The van der Waals surface area contributed by atoms with Crippen LogP contribution in [-0.2, 0) is 37.4 Å². The summed E-state index contributed by atoms with van der Waals surface area (Å²) in [5.74, 6) is 1.54. The van der Waals surface area contributed by atoms with Crippen LogP contribution in [-0.4, -0.2) is 45.4 Å². The number of carbonyl (C=O) groups is 2. The van der Waals surface area contributed by atoms with E-state index in [1.165, 1.54) is 0 Å². The minimum Gasteiger partial charge on any atom is -0.454 e. The van der Waals surface area contributed by atoms with Crippen molar-refractivity contribution in [2.24, 2.45) is 0 Å². The van der Waals surface area contributed by atoms with Gasteiger partial charge in [-0.1, -0.05) is 48.5 Å². The number of fused-ring (bicyclic) bond motifs is 1. The van der Waals surface area contributed by atoms with Crippen LogP contribution >= 0.6 is 0 Å². The van der Waals surface area contributed by atoms with E-state index < -0.39 is 5.41 Å². The van der Waals surface area contributed by atoms with Crippen molar-refractivity contribution in [3.63, 3.8) is 0 Å². The molecule has 0 radical (unpaired) electrons. The van der Waals surface area contributed by atoms with E-state index in [4.69, 9.17) is 18.9 Å². The van der Waals surface area contributed by atoms with Crippen LogP contribution in [0.25, 0.3) is 11.1 Å². The molecule has 0 atom stereocenters. The van der Waals surface area contributed by atoms with Gasteiger partial charge in [-0.25, -0.2) is 0 Å². The summed E-state index contributed by atoms with van der Waals surface area (Å²) in [6.07, 6.45) is 2.11. The van der Waals surface area contributed by atoms with Crippen molar-refractivity contribution in [2.75, 3.05) is 33.7 Å². The molecule has 5 rings (SSSR count). The highest BCUT2D eigenvalue weighted by atomic mass is 16.7. The van der Waals surface area contributed by atoms with Gasteiger partial charge < -0.3 is 24.3 Å². The largest absolute Gasteiger partial charge is 0.454 e. The van der Waals surface area contributed by atoms with E-state index in [2.05, 4.69) is 36.5 Å². The Labute approximate surface area is 224 Å². The minimum atomic E-state index is -0.424. The van der Waals surface area contributed by atoms with Crippen LogP contribution in [0.4, 0.5) is 0 Å². The molecule has 0 bridgehead atoms. The van der Waals surface area contributed by atoms with Crippen molar-refractivity contribution >= 4 is 11.7 Å². The first-order valence-electron chi connectivity index (χ1n) is 12.9. The number of nitrogens with one attached hydrogen (secondary N) is 1. The normalized spacial score (nSPS) is 14.8. The van der Waals surface area contributed by atoms with Gasteiger partial charge in [-0.05, 0) is 65.3 Å². The highest BCUT2D eigenvalue weighted by molar-refractivity contribution is 5.95. The van der Waals surface area contributed by atoms with E-state index in [0.717, 1.165) is 57.7 Å². The third-order valence-corrected chi connectivity index (χ3v) is 7.30. The molecular weight excluding hydrogens is 482 g/mol. The number of benzene rings is 3. The number of carbonyl (C=O) groups excluding carboxylic acids is 2. The predicted octanol–water partition coefficient (Wildman–Crippen LogP) is 4.76. The van der Waals surface area contributed by atoms with Crippen LogP contribution in [0.15, 0.2) is 60.7 Å². The van der Waals surface area contributed by atoms with Gasteiger partial charge in [0.15, 0.2) is 11.5 Å². The smallest absolute Gasteiger partial charge is 0.246 e. The number of rotatable bonds is 12. The summed E-state index contributed by atoms with van der Waals surface area (Å²) in [5, 5.41) is 2.87.